The summed E-state index contributed by atoms with van der Waals surface area (Å²) < 4.78 is 0. The van der Waals surface area contributed by atoms with E-state index < -0.39 is 0 Å². The molecular weight excluding hydrogens is 394 g/mol. The average Bonchev–Trinajstić information content (AvgIpc) is 3.35. The Balaban J connectivity index is 1.36. The summed E-state index contributed by atoms with van der Waals surface area (Å²) in [5.74, 6) is -0.634. The summed E-state index contributed by atoms with van der Waals surface area (Å²) in [5, 5.41) is 1.66. The van der Waals surface area contributed by atoms with Gasteiger partial charge in [0.2, 0.25) is 5.91 Å². The lowest BCUT2D eigenvalue weighted by Gasteiger charge is -2.06. The predicted molar refractivity (Wildman–Crippen MR) is 112 cm³/mol. The fourth-order valence-electron chi connectivity index (χ4n) is 2.91. The van der Waals surface area contributed by atoms with Crippen LogP contribution in [0.25, 0.3) is 21.3 Å². The highest BCUT2D eigenvalue weighted by atomic mass is 35.5. The first-order chi connectivity index (χ1) is 13.6. The number of nitrogens with one attached hydrogen (secondary N) is 3. The van der Waals surface area contributed by atoms with Gasteiger partial charge in [0.25, 0.3) is 5.91 Å². The van der Waals surface area contributed by atoms with Crippen molar-refractivity contribution in [3.63, 3.8) is 0 Å². The van der Waals surface area contributed by atoms with E-state index in [1.807, 2.05) is 48.7 Å². The molecule has 4 rings (SSSR count). The Morgan fingerprint density at radius 2 is 1.75 bits per heavy atom. The van der Waals surface area contributed by atoms with Crippen molar-refractivity contribution < 1.29 is 9.59 Å². The van der Waals surface area contributed by atoms with Gasteiger partial charge in [-0.2, -0.15) is 0 Å². The Morgan fingerprint density at radius 1 is 0.964 bits per heavy atom. The average molecular weight is 410 g/mol. The van der Waals surface area contributed by atoms with Crippen molar-refractivity contribution in [1.82, 2.24) is 15.8 Å². The van der Waals surface area contributed by atoms with E-state index in [9.17, 15) is 9.59 Å². The van der Waals surface area contributed by atoms with Crippen molar-refractivity contribution >= 4 is 45.7 Å². The van der Waals surface area contributed by atoms with Gasteiger partial charge in [-0.05, 0) is 41.5 Å². The number of aromatic amines is 1. The fourth-order valence-corrected chi connectivity index (χ4v) is 3.95. The number of fused-ring (bicyclic) bond motifs is 1. The van der Waals surface area contributed by atoms with Crippen LogP contribution >= 0.6 is 22.9 Å². The van der Waals surface area contributed by atoms with Gasteiger partial charge in [0.05, 0.1) is 11.3 Å². The van der Waals surface area contributed by atoms with Crippen molar-refractivity contribution in [2.75, 3.05) is 0 Å². The normalized spacial score (nSPS) is 10.8. The number of hydrazine groups is 1. The molecule has 0 aliphatic carbocycles. The second kappa shape index (κ2) is 7.88. The largest absolute Gasteiger partial charge is 0.361 e. The van der Waals surface area contributed by atoms with Gasteiger partial charge in [0.1, 0.15) is 0 Å². The molecule has 3 N–H and O–H groups in total. The number of aromatic nitrogens is 1. The van der Waals surface area contributed by atoms with Crippen LogP contribution in [0.4, 0.5) is 0 Å². The Morgan fingerprint density at radius 3 is 2.57 bits per heavy atom. The summed E-state index contributed by atoms with van der Waals surface area (Å²) in [7, 11) is 0. The van der Waals surface area contributed by atoms with E-state index in [1.54, 1.807) is 18.2 Å². The zero-order chi connectivity index (χ0) is 19.5. The molecule has 2 amide bonds. The van der Waals surface area contributed by atoms with Crippen molar-refractivity contribution in [2.45, 2.75) is 6.42 Å². The second-order valence-electron chi connectivity index (χ2n) is 6.21. The number of para-hydroxylation sites is 1. The zero-order valence-corrected chi connectivity index (χ0v) is 16.2. The standard InChI is InChI=1S/C21H16ClN3O2S/c22-15-7-5-13(6-8-15)18-9-10-19(28-18)21(27)25-24-20(26)11-14-12-23-17-4-2-1-3-16(14)17/h1-10,12,23H,11H2,(H,24,26)(H,25,27). The maximum Gasteiger partial charge on any atom is 0.279 e. The van der Waals surface area contributed by atoms with E-state index in [0.717, 1.165) is 26.9 Å². The van der Waals surface area contributed by atoms with E-state index in [2.05, 4.69) is 15.8 Å². The summed E-state index contributed by atoms with van der Waals surface area (Å²) in [6.45, 7) is 0. The molecule has 0 unspecified atom stereocenters. The van der Waals surface area contributed by atoms with Gasteiger partial charge in [-0.1, -0.05) is 41.9 Å². The Hall–Kier alpha value is -3.09. The zero-order valence-electron chi connectivity index (χ0n) is 14.7. The monoisotopic (exact) mass is 409 g/mol. The lowest BCUT2D eigenvalue weighted by atomic mass is 10.1. The maximum absolute atomic E-state index is 12.3. The van der Waals surface area contributed by atoms with Crippen LogP contribution in [0.15, 0.2) is 66.9 Å². The highest BCUT2D eigenvalue weighted by Gasteiger charge is 2.13. The molecule has 0 saturated heterocycles. The van der Waals surface area contributed by atoms with Crippen LogP contribution < -0.4 is 10.9 Å². The van der Waals surface area contributed by atoms with Gasteiger partial charge in [0.15, 0.2) is 0 Å². The van der Waals surface area contributed by atoms with E-state index in [1.165, 1.54) is 11.3 Å². The first kappa shape index (κ1) is 18.3. The van der Waals surface area contributed by atoms with Gasteiger partial charge in [-0.15, -0.1) is 11.3 Å². The first-order valence-corrected chi connectivity index (χ1v) is 9.79. The minimum atomic E-state index is -0.350. The molecule has 0 radical (unpaired) electrons. The third-order valence-electron chi connectivity index (χ3n) is 4.30. The Bertz CT molecular complexity index is 1150. The highest BCUT2D eigenvalue weighted by molar-refractivity contribution is 7.17. The molecule has 2 aromatic carbocycles. The first-order valence-electron chi connectivity index (χ1n) is 8.60. The van der Waals surface area contributed by atoms with E-state index in [4.69, 9.17) is 11.6 Å². The Labute approximate surface area is 170 Å². The highest BCUT2D eigenvalue weighted by Crippen LogP contribution is 2.29. The molecule has 4 aromatic rings. The molecule has 0 aliphatic heterocycles. The van der Waals surface area contributed by atoms with Crippen molar-refractivity contribution in [2.24, 2.45) is 0 Å². The van der Waals surface area contributed by atoms with Gasteiger partial charge in [-0.25, -0.2) is 0 Å². The number of carbonyl (C=O) groups excluding carboxylic acids is 2. The van der Waals surface area contributed by atoms with Gasteiger partial charge in [0, 0.05) is 27.0 Å². The smallest absolute Gasteiger partial charge is 0.279 e. The van der Waals surface area contributed by atoms with Gasteiger partial charge < -0.3 is 4.98 Å². The van der Waals surface area contributed by atoms with Crippen LogP contribution in [-0.2, 0) is 11.2 Å². The number of hydrogen-bond acceptors (Lipinski definition) is 3. The molecule has 2 heterocycles. The van der Waals surface area contributed by atoms with Crippen LogP contribution in [0, 0.1) is 0 Å². The second-order valence-corrected chi connectivity index (χ2v) is 7.73. The van der Waals surface area contributed by atoms with E-state index in [0.29, 0.717) is 9.90 Å². The maximum atomic E-state index is 12.3. The summed E-state index contributed by atoms with van der Waals surface area (Å²) >= 11 is 7.25. The summed E-state index contributed by atoms with van der Waals surface area (Å²) in [6.07, 6.45) is 1.98. The molecule has 0 spiro atoms. The number of carbonyl (C=O) groups is 2. The fraction of sp³-hybridized carbons (Fsp3) is 0.0476. The lowest BCUT2D eigenvalue weighted by Crippen LogP contribution is -2.42. The third-order valence-corrected chi connectivity index (χ3v) is 5.68. The quantitative estimate of drug-likeness (QED) is 0.432. The topological polar surface area (TPSA) is 74.0 Å². The molecule has 5 nitrogen and oxygen atoms in total. The van der Waals surface area contributed by atoms with Crippen LogP contribution in [-0.4, -0.2) is 16.8 Å². The number of halogens is 1. The molecule has 0 saturated carbocycles. The predicted octanol–water partition coefficient (Wildman–Crippen LogP) is 4.55. The summed E-state index contributed by atoms with van der Waals surface area (Å²) in [6, 6.07) is 18.8. The van der Waals surface area contributed by atoms with Crippen LogP contribution in [0.2, 0.25) is 5.02 Å². The molecular formula is C21H16ClN3O2S. The van der Waals surface area contributed by atoms with Crippen molar-refractivity contribution in [3.05, 3.63) is 82.3 Å². The molecule has 140 valence electrons. The number of rotatable bonds is 4. The van der Waals surface area contributed by atoms with E-state index >= 15 is 0 Å². The number of hydrogen-bond donors (Lipinski definition) is 3. The molecule has 28 heavy (non-hydrogen) atoms. The van der Waals surface area contributed by atoms with Crippen LogP contribution in [0.1, 0.15) is 15.2 Å². The molecule has 0 fully saturated rings. The van der Waals surface area contributed by atoms with Gasteiger partial charge >= 0.3 is 0 Å². The molecule has 2 aromatic heterocycles. The number of thiophene rings is 1. The summed E-state index contributed by atoms with van der Waals surface area (Å²) in [5.41, 5.74) is 7.79. The van der Waals surface area contributed by atoms with Crippen LogP contribution in [0.5, 0.6) is 0 Å². The third kappa shape index (κ3) is 3.93. The van der Waals surface area contributed by atoms with Crippen molar-refractivity contribution in [3.8, 4) is 10.4 Å². The van der Waals surface area contributed by atoms with Crippen LogP contribution in [0.3, 0.4) is 0 Å². The Kier molecular flexibility index (Phi) is 5.14. The number of amides is 2. The number of benzene rings is 2. The molecule has 7 heteroatoms. The number of H-pyrrole nitrogens is 1. The lowest BCUT2D eigenvalue weighted by molar-refractivity contribution is -0.121. The van der Waals surface area contributed by atoms with E-state index in [-0.39, 0.29) is 18.2 Å². The minimum absolute atomic E-state index is 0.171. The minimum Gasteiger partial charge on any atom is -0.361 e. The van der Waals surface area contributed by atoms with Crippen molar-refractivity contribution in [1.29, 1.82) is 0 Å². The molecule has 0 aliphatic rings. The molecule has 0 bridgehead atoms. The molecule has 0 atom stereocenters. The summed E-state index contributed by atoms with van der Waals surface area (Å²) in [4.78, 5) is 29.1. The SMILES string of the molecule is O=C(Cc1c[nH]c2ccccc12)NNC(=O)c1ccc(-c2ccc(Cl)cc2)s1. The van der Waals surface area contributed by atoms with Gasteiger partial charge in [-0.3, -0.25) is 20.4 Å².